The van der Waals surface area contributed by atoms with Gasteiger partial charge in [-0.15, -0.1) is 0 Å². The quantitative estimate of drug-likeness (QED) is 0.346. The maximum Gasteiger partial charge on any atom is 0.272 e. The molecule has 200 valence electrons. The van der Waals surface area contributed by atoms with E-state index in [1.165, 1.54) is 0 Å². The first-order valence-corrected chi connectivity index (χ1v) is 13.8. The highest BCUT2D eigenvalue weighted by atomic mass is 35.5. The van der Waals surface area contributed by atoms with Gasteiger partial charge in [-0.3, -0.25) is 9.59 Å². The van der Waals surface area contributed by atoms with Crippen LogP contribution in [0.5, 0.6) is 0 Å². The number of fused-ring (bicyclic) bond motifs is 1. The molecule has 1 aromatic heterocycles. The van der Waals surface area contributed by atoms with Crippen LogP contribution < -0.4 is 20.7 Å². The number of carbonyl (C=O) groups excluding carboxylic acids is 1. The molecule has 2 aliphatic rings. The van der Waals surface area contributed by atoms with E-state index in [1.54, 1.807) is 6.07 Å². The molecule has 0 unspecified atom stereocenters. The summed E-state index contributed by atoms with van der Waals surface area (Å²) in [6.45, 7) is 4.09. The van der Waals surface area contributed by atoms with E-state index in [0.29, 0.717) is 37.0 Å². The van der Waals surface area contributed by atoms with Crippen LogP contribution in [0.2, 0.25) is 5.02 Å². The van der Waals surface area contributed by atoms with Crippen LogP contribution in [-0.2, 0) is 9.53 Å². The number of hydrogen-bond acceptors (Lipinski definition) is 5. The number of aromatic nitrogens is 1. The first-order chi connectivity index (χ1) is 19.1. The number of hydrogen-bond donors (Lipinski definition) is 2. The van der Waals surface area contributed by atoms with E-state index in [2.05, 4.69) is 20.1 Å². The summed E-state index contributed by atoms with van der Waals surface area (Å²) in [4.78, 5) is 34.5. The number of pyridine rings is 1. The predicted molar refractivity (Wildman–Crippen MR) is 158 cm³/mol. The molecule has 4 aromatic rings. The second-order valence-corrected chi connectivity index (χ2v) is 10.6. The predicted octanol–water partition coefficient (Wildman–Crippen LogP) is 5.54. The molecular formula is C31H31ClN4O3. The molecule has 1 atom stereocenters. The first-order valence-electron chi connectivity index (χ1n) is 13.5. The molecule has 0 spiro atoms. The van der Waals surface area contributed by atoms with Crippen LogP contribution in [0.1, 0.15) is 12.8 Å². The number of benzene rings is 3. The van der Waals surface area contributed by atoms with Crippen molar-refractivity contribution in [3.63, 3.8) is 0 Å². The van der Waals surface area contributed by atoms with Crippen molar-refractivity contribution < 1.29 is 9.53 Å². The largest absolute Gasteiger partial charge is 0.378 e. The smallest absolute Gasteiger partial charge is 0.272 e. The third kappa shape index (κ3) is 5.24. The lowest BCUT2D eigenvalue weighted by molar-refractivity contribution is -0.120. The average molecular weight is 543 g/mol. The molecule has 8 heteroatoms. The number of morpholine rings is 1. The fraction of sp³-hybridized carbons (Fsp3) is 0.290. The maximum atomic E-state index is 13.6. The topological polar surface area (TPSA) is 77.7 Å². The van der Waals surface area contributed by atoms with Gasteiger partial charge in [0.05, 0.1) is 30.5 Å². The van der Waals surface area contributed by atoms with Gasteiger partial charge in [0.25, 0.3) is 5.56 Å². The molecule has 0 saturated carbocycles. The van der Waals surface area contributed by atoms with Crippen molar-refractivity contribution in [2.75, 3.05) is 54.5 Å². The highest BCUT2D eigenvalue weighted by Crippen LogP contribution is 2.37. The zero-order valence-corrected chi connectivity index (χ0v) is 22.4. The van der Waals surface area contributed by atoms with E-state index in [1.807, 2.05) is 66.7 Å². The molecule has 3 aromatic carbocycles. The summed E-state index contributed by atoms with van der Waals surface area (Å²) in [5.74, 6) is -0.281. The van der Waals surface area contributed by atoms with Crippen LogP contribution in [0.3, 0.4) is 0 Å². The van der Waals surface area contributed by atoms with Crippen molar-refractivity contribution in [2.24, 2.45) is 5.92 Å². The number of carbonyl (C=O) groups is 1. The van der Waals surface area contributed by atoms with Gasteiger partial charge in [0, 0.05) is 47.7 Å². The lowest BCUT2D eigenvalue weighted by atomic mass is 9.93. The molecule has 2 N–H and O–H groups in total. The zero-order chi connectivity index (χ0) is 26.8. The van der Waals surface area contributed by atoms with Gasteiger partial charge < -0.3 is 24.8 Å². The van der Waals surface area contributed by atoms with E-state index >= 15 is 0 Å². The lowest BCUT2D eigenvalue weighted by Gasteiger charge is -2.35. The number of ether oxygens (including phenoxy) is 1. The van der Waals surface area contributed by atoms with E-state index in [4.69, 9.17) is 16.3 Å². The van der Waals surface area contributed by atoms with Crippen LogP contribution in [0.25, 0.3) is 22.0 Å². The second kappa shape index (κ2) is 11.1. The van der Waals surface area contributed by atoms with Crippen molar-refractivity contribution in [2.45, 2.75) is 12.8 Å². The van der Waals surface area contributed by atoms with Gasteiger partial charge in [-0.05, 0) is 48.7 Å². The molecule has 7 nitrogen and oxygen atoms in total. The van der Waals surface area contributed by atoms with E-state index in [0.717, 1.165) is 59.3 Å². The van der Waals surface area contributed by atoms with Crippen LogP contribution >= 0.6 is 11.6 Å². The Balaban J connectivity index is 1.32. The number of para-hydroxylation sites is 2. The Kier molecular flexibility index (Phi) is 7.26. The Morgan fingerprint density at radius 1 is 0.949 bits per heavy atom. The SMILES string of the molecule is O=C(Nc1ccccc1N1CCOCC1)[C@H]1CCCN(c2c(-c3ccccc3)c3cc(Cl)ccc3[nH]c2=O)C1. The van der Waals surface area contributed by atoms with Gasteiger partial charge >= 0.3 is 0 Å². The number of H-pyrrole nitrogens is 1. The monoisotopic (exact) mass is 542 g/mol. The van der Waals surface area contributed by atoms with Gasteiger partial charge in [0.1, 0.15) is 5.69 Å². The average Bonchev–Trinajstić information content (AvgIpc) is 2.98. The molecule has 1 amide bonds. The minimum absolute atomic E-state index is 0.0260. The van der Waals surface area contributed by atoms with Crippen LogP contribution in [-0.4, -0.2) is 50.3 Å². The second-order valence-electron chi connectivity index (χ2n) is 10.1. The number of aromatic amines is 1. The molecule has 2 fully saturated rings. The van der Waals surface area contributed by atoms with Crippen molar-refractivity contribution in [3.05, 3.63) is 88.2 Å². The summed E-state index contributed by atoms with van der Waals surface area (Å²) in [6, 6.07) is 23.4. The Morgan fingerprint density at radius 2 is 1.72 bits per heavy atom. The van der Waals surface area contributed by atoms with Crippen molar-refractivity contribution in [1.82, 2.24) is 4.98 Å². The number of nitrogens with one attached hydrogen (secondary N) is 2. The number of halogens is 1. The number of rotatable bonds is 5. The van der Waals surface area contributed by atoms with Gasteiger partial charge in [-0.25, -0.2) is 0 Å². The Labute approximate surface area is 232 Å². The Hall–Kier alpha value is -3.81. The summed E-state index contributed by atoms with van der Waals surface area (Å²) < 4.78 is 5.51. The number of nitrogens with zero attached hydrogens (tertiary/aromatic N) is 2. The van der Waals surface area contributed by atoms with Crippen LogP contribution in [0, 0.1) is 5.92 Å². The van der Waals surface area contributed by atoms with E-state index < -0.39 is 0 Å². The fourth-order valence-electron chi connectivity index (χ4n) is 5.74. The maximum absolute atomic E-state index is 13.6. The third-order valence-electron chi connectivity index (χ3n) is 7.64. The summed E-state index contributed by atoms with van der Waals surface area (Å²) >= 11 is 6.40. The molecular weight excluding hydrogens is 512 g/mol. The van der Waals surface area contributed by atoms with Crippen LogP contribution in [0.4, 0.5) is 17.1 Å². The molecule has 0 bridgehead atoms. The number of amides is 1. The van der Waals surface area contributed by atoms with Crippen molar-refractivity contribution in [1.29, 1.82) is 0 Å². The highest BCUT2D eigenvalue weighted by Gasteiger charge is 2.30. The molecule has 2 aliphatic heterocycles. The first kappa shape index (κ1) is 25.5. The summed E-state index contributed by atoms with van der Waals surface area (Å²) in [5, 5.41) is 4.68. The minimum Gasteiger partial charge on any atom is -0.378 e. The summed E-state index contributed by atoms with van der Waals surface area (Å²) in [7, 11) is 0. The summed E-state index contributed by atoms with van der Waals surface area (Å²) in [6.07, 6.45) is 1.57. The standard InChI is InChI=1S/C31H31ClN4O3/c32-23-12-13-25-24(19-23)28(21-7-2-1-3-8-21)29(31(38)33-25)36-14-6-9-22(20-36)30(37)34-26-10-4-5-11-27(26)35-15-17-39-18-16-35/h1-5,7-8,10-13,19,22H,6,9,14-18,20H2,(H,33,38)(H,34,37)/t22-/m0/s1. The minimum atomic E-state index is -0.255. The fourth-order valence-corrected chi connectivity index (χ4v) is 5.91. The van der Waals surface area contributed by atoms with Gasteiger partial charge in [0.15, 0.2) is 0 Å². The molecule has 6 rings (SSSR count). The normalized spacial score (nSPS) is 17.8. The molecule has 2 saturated heterocycles. The van der Waals surface area contributed by atoms with Crippen molar-refractivity contribution >= 4 is 45.5 Å². The van der Waals surface area contributed by atoms with Gasteiger partial charge in [0.2, 0.25) is 5.91 Å². The Morgan fingerprint density at radius 3 is 2.54 bits per heavy atom. The van der Waals surface area contributed by atoms with Gasteiger partial charge in [-0.1, -0.05) is 54.1 Å². The van der Waals surface area contributed by atoms with Gasteiger partial charge in [-0.2, -0.15) is 0 Å². The highest BCUT2D eigenvalue weighted by molar-refractivity contribution is 6.31. The van der Waals surface area contributed by atoms with E-state index in [9.17, 15) is 9.59 Å². The summed E-state index contributed by atoms with van der Waals surface area (Å²) in [5.41, 5.74) is 4.76. The zero-order valence-electron chi connectivity index (χ0n) is 21.7. The number of piperidine rings is 1. The molecule has 0 aliphatic carbocycles. The number of anilines is 3. The van der Waals surface area contributed by atoms with E-state index in [-0.39, 0.29) is 17.4 Å². The lowest BCUT2D eigenvalue weighted by Crippen LogP contribution is -2.43. The Bertz CT molecular complexity index is 1550. The molecule has 0 radical (unpaired) electrons. The van der Waals surface area contributed by atoms with Crippen molar-refractivity contribution in [3.8, 4) is 11.1 Å². The van der Waals surface area contributed by atoms with Crippen LogP contribution in [0.15, 0.2) is 77.6 Å². The third-order valence-corrected chi connectivity index (χ3v) is 7.87. The molecule has 3 heterocycles. The molecule has 39 heavy (non-hydrogen) atoms.